The Bertz CT molecular complexity index is 822. The minimum absolute atomic E-state index is 0.0847. The molecule has 10 heteroatoms. The lowest BCUT2D eigenvalue weighted by molar-refractivity contribution is -0.137. The van der Waals surface area contributed by atoms with Gasteiger partial charge in [0, 0.05) is 7.11 Å². The number of rotatable bonds is 7. The normalized spacial score (nSPS) is 11.5. The summed E-state index contributed by atoms with van der Waals surface area (Å²) in [7, 11) is 1.47. The molecule has 27 heavy (non-hydrogen) atoms. The van der Waals surface area contributed by atoms with Crippen molar-refractivity contribution in [3.05, 3.63) is 40.2 Å². The topological polar surface area (TPSA) is 65.4 Å². The van der Waals surface area contributed by atoms with Gasteiger partial charge in [0.25, 0.3) is 0 Å². The summed E-state index contributed by atoms with van der Waals surface area (Å²) in [6.07, 6.45) is -4.55. The van der Waals surface area contributed by atoms with Crippen LogP contribution in [-0.2, 0) is 22.3 Å². The monoisotopic (exact) mass is 405 g/mol. The van der Waals surface area contributed by atoms with Crippen molar-refractivity contribution in [2.45, 2.75) is 26.6 Å². The predicted octanol–water partition coefficient (Wildman–Crippen LogP) is 3.84. The van der Waals surface area contributed by atoms with Gasteiger partial charge in [0.1, 0.15) is 18.9 Å². The molecule has 0 fully saturated rings. The first-order chi connectivity index (χ1) is 12.6. The fourth-order valence-electron chi connectivity index (χ4n) is 2.32. The van der Waals surface area contributed by atoms with Gasteiger partial charge < -0.3 is 14.8 Å². The molecule has 0 aliphatic carbocycles. The second-order valence-corrected chi connectivity index (χ2v) is 6.12. The van der Waals surface area contributed by atoms with Crippen LogP contribution in [0.5, 0.6) is 5.75 Å². The highest BCUT2D eigenvalue weighted by Crippen LogP contribution is 2.35. The van der Waals surface area contributed by atoms with Gasteiger partial charge in [-0.3, -0.25) is 9.48 Å². The van der Waals surface area contributed by atoms with Crippen molar-refractivity contribution in [1.29, 1.82) is 0 Å². The van der Waals surface area contributed by atoms with E-state index in [0.29, 0.717) is 16.4 Å². The van der Waals surface area contributed by atoms with E-state index in [-0.39, 0.29) is 31.2 Å². The molecular weight excluding hydrogens is 387 g/mol. The third-order valence-corrected chi connectivity index (χ3v) is 4.26. The van der Waals surface area contributed by atoms with Crippen molar-refractivity contribution in [3.63, 3.8) is 0 Å². The number of amides is 1. The van der Waals surface area contributed by atoms with E-state index in [9.17, 15) is 18.0 Å². The lowest BCUT2D eigenvalue weighted by Crippen LogP contribution is -2.21. The standard InChI is InChI=1S/C17H19ClF3N3O3/c1-10-16(18)11(2)24(23-10)9-15(25)22-13-8-12(17(19,20)21)4-5-14(13)27-7-6-26-3/h4-5,8H,6-7,9H2,1-3H3,(H,22,25). The van der Waals surface area contributed by atoms with Crippen molar-refractivity contribution in [3.8, 4) is 5.75 Å². The number of ether oxygens (including phenoxy) is 2. The van der Waals surface area contributed by atoms with Crippen LogP contribution in [-0.4, -0.2) is 36.0 Å². The second kappa shape index (κ2) is 8.62. The molecule has 0 aliphatic heterocycles. The Morgan fingerprint density at radius 3 is 2.56 bits per heavy atom. The number of carbonyl (C=O) groups is 1. The molecule has 0 unspecified atom stereocenters. The molecule has 1 aromatic heterocycles. The number of alkyl halides is 3. The Morgan fingerprint density at radius 2 is 2.00 bits per heavy atom. The fraction of sp³-hybridized carbons (Fsp3) is 0.412. The lowest BCUT2D eigenvalue weighted by Gasteiger charge is -2.15. The van der Waals surface area contributed by atoms with Crippen LogP contribution in [0.3, 0.4) is 0 Å². The lowest BCUT2D eigenvalue weighted by atomic mass is 10.1. The van der Waals surface area contributed by atoms with E-state index in [1.165, 1.54) is 11.8 Å². The van der Waals surface area contributed by atoms with Crippen LogP contribution >= 0.6 is 11.6 Å². The molecule has 1 N–H and O–H groups in total. The summed E-state index contributed by atoms with van der Waals surface area (Å²) in [5.41, 5.74) is 0.166. The Kier molecular flexibility index (Phi) is 6.72. The molecule has 6 nitrogen and oxygen atoms in total. The quantitative estimate of drug-likeness (QED) is 0.711. The van der Waals surface area contributed by atoms with Crippen LogP contribution in [0.25, 0.3) is 0 Å². The van der Waals surface area contributed by atoms with Gasteiger partial charge in [-0.2, -0.15) is 18.3 Å². The maximum atomic E-state index is 13.0. The van der Waals surface area contributed by atoms with E-state index in [2.05, 4.69) is 10.4 Å². The highest BCUT2D eigenvalue weighted by atomic mass is 35.5. The number of nitrogens with zero attached hydrogens (tertiary/aromatic N) is 2. The Labute approximate surface area is 159 Å². The summed E-state index contributed by atoms with van der Waals surface area (Å²) in [6.45, 7) is 3.56. The van der Waals surface area contributed by atoms with Gasteiger partial charge in [0.2, 0.25) is 5.91 Å². The molecule has 2 aromatic rings. The molecule has 1 amide bonds. The summed E-state index contributed by atoms with van der Waals surface area (Å²) in [5.74, 6) is -0.451. The van der Waals surface area contributed by atoms with E-state index in [0.717, 1.165) is 18.2 Å². The van der Waals surface area contributed by atoms with Gasteiger partial charge in [-0.15, -0.1) is 0 Å². The zero-order valence-electron chi connectivity index (χ0n) is 15.0. The summed E-state index contributed by atoms with van der Waals surface area (Å²) >= 11 is 6.04. The average molecular weight is 406 g/mol. The van der Waals surface area contributed by atoms with E-state index in [1.54, 1.807) is 13.8 Å². The molecule has 0 saturated carbocycles. The summed E-state index contributed by atoms with van der Waals surface area (Å²) in [6, 6.07) is 2.88. The van der Waals surface area contributed by atoms with Gasteiger partial charge in [0.15, 0.2) is 0 Å². The minimum Gasteiger partial charge on any atom is -0.489 e. The molecule has 148 valence electrons. The number of benzene rings is 1. The molecule has 1 aromatic carbocycles. The maximum absolute atomic E-state index is 13.0. The number of methoxy groups -OCH3 is 1. The van der Waals surface area contributed by atoms with Crippen molar-refractivity contribution < 1.29 is 27.4 Å². The van der Waals surface area contributed by atoms with E-state index in [4.69, 9.17) is 21.1 Å². The smallest absolute Gasteiger partial charge is 0.416 e. The maximum Gasteiger partial charge on any atom is 0.416 e. The third-order valence-electron chi connectivity index (χ3n) is 3.71. The number of carbonyl (C=O) groups excluding carboxylic acids is 1. The number of hydrogen-bond donors (Lipinski definition) is 1. The van der Waals surface area contributed by atoms with Crippen molar-refractivity contribution in [1.82, 2.24) is 9.78 Å². The average Bonchev–Trinajstić information content (AvgIpc) is 2.82. The minimum atomic E-state index is -4.55. The molecule has 2 rings (SSSR count). The number of halogens is 4. The van der Waals surface area contributed by atoms with Crippen molar-refractivity contribution in [2.24, 2.45) is 0 Å². The number of nitrogens with one attached hydrogen (secondary N) is 1. The van der Waals surface area contributed by atoms with E-state index in [1.807, 2.05) is 0 Å². The summed E-state index contributed by atoms with van der Waals surface area (Å²) in [5, 5.41) is 7.01. The Balaban J connectivity index is 2.22. The van der Waals surface area contributed by atoms with E-state index >= 15 is 0 Å². The first-order valence-electron chi connectivity index (χ1n) is 7.95. The first-order valence-corrected chi connectivity index (χ1v) is 8.33. The zero-order chi connectivity index (χ0) is 20.2. The van der Waals surface area contributed by atoms with Crippen LogP contribution in [0.2, 0.25) is 5.02 Å². The largest absolute Gasteiger partial charge is 0.489 e. The molecule has 0 aliphatic rings. The van der Waals surface area contributed by atoms with Crippen LogP contribution < -0.4 is 10.1 Å². The summed E-state index contributed by atoms with van der Waals surface area (Å²) < 4.78 is 50.6. The highest BCUT2D eigenvalue weighted by molar-refractivity contribution is 6.31. The highest BCUT2D eigenvalue weighted by Gasteiger charge is 2.31. The van der Waals surface area contributed by atoms with E-state index < -0.39 is 17.6 Å². The van der Waals surface area contributed by atoms with Crippen molar-refractivity contribution >= 4 is 23.2 Å². The van der Waals surface area contributed by atoms with Gasteiger partial charge in [0.05, 0.1) is 34.3 Å². The van der Waals surface area contributed by atoms with Gasteiger partial charge in [-0.1, -0.05) is 11.6 Å². The van der Waals surface area contributed by atoms with Crippen molar-refractivity contribution in [2.75, 3.05) is 25.6 Å². The molecule has 0 radical (unpaired) electrons. The van der Waals surface area contributed by atoms with Crippen LogP contribution in [0.4, 0.5) is 18.9 Å². The SMILES string of the molecule is COCCOc1ccc(C(F)(F)F)cc1NC(=O)Cn1nc(C)c(Cl)c1C. The van der Waals surface area contributed by atoms with Gasteiger partial charge >= 0.3 is 6.18 Å². The Morgan fingerprint density at radius 1 is 1.30 bits per heavy atom. The predicted molar refractivity (Wildman–Crippen MR) is 94.2 cm³/mol. The fourth-order valence-corrected chi connectivity index (χ4v) is 2.45. The van der Waals surface area contributed by atoms with Crippen LogP contribution in [0.15, 0.2) is 18.2 Å². The number of hydrogen-bond acceptors (Lipinski definition) is 4. The molecule has 0 bridgehead atoms. The van der Waals surface area contributed by atoms with Gasteiger partial charge in [-0.25, -0.2) is 0 Å². The third kappa shape index (κ3) is 5.36. The van der Waals surface area contributed by atoms with Gasteiger partial charge in [-0.05, 0) is 32.0 Å². The summed E-state index contributed by atoms with van der Waals surface area (Å²) in [4.78, 5) is 12.3. The molecule has 1 heterocycles. The molecular formula is C17H19ClF3N3O3. The molecule has 0 atom stereocenters. The zero-order valence-corrected chi connectivity index (χ0v) is 15.7. The molecule has 0 saturated heterocycles. The number of anilines is 1. The van der Waals surface area contributed by atoms with Crippen LogP contribution in [0.1, 0.15) is 17.0 Å². The Hall–Kier alpha value is -2.26. The number of aryl methyl sites for hydroxylation is 1. The second-order valence-electron chi connectivity index (χ2n) is 5.74. The number of aromatic nitrogens is 2. The van der Waals surface area contributed by atoms with Crippen LogP contribution in [0, 0.1) is 13.8 Å². The first kappa shape index (κ1) is 21.0. The molecule has 0 spiro atoms.